The van der Waals surface area contributed by atoms with Gasteiger partial charge in [0.05, 0.1) is 16.2 Å². The van der Waals surface area contributed by atoms with E-state index >= 15 is 0 Å². The fourth-order valence-electron chi connectivity index (χ4n) is 7.89. The van der Waals surface area contributed by atoms with Crippen LogP contribution in [0.2, 0.25) is 0 Å². The van der Waals surface area contributed by atoms with Gasteiger partial charge in [0.2, 0.25) is 0 Å². The maximum atomic E-state index is 13.0. The quantitative estimate of drug-likeness (QED) is 0.355. The lowest BCUT2D eigenvalue weighted by Gasteiger charge is -2.54. The van der Waals surface area contributed by atoms with Gasteiger partial charge in [0.25, 0.3) is 0 Å². The van der Waals surface area contributed by atoms with Crippen LogP contribution in [0.25, 0.3) is 0 Å². The molecule has 0 bridgehead atoms. The van der Waals surface area contributed by atoms with Gasteiger partial charge in [-0.15, -0.1) is 0 Å². The van der Waals surface area contributed by atoms with Gasteiger partial charge < -0.3 is 5.11 Å². The Morgan fingerprint density at radius 1 is 1.11 bits per heavy atom. The summed E-state index contributed by atoms with van der Waals surface area (Å²) in [6, 6.07) is 8.97. The molecule has 0 aromatic heterocycles. The molecule has 1 N–H and O–H groups in total. The van der Waals surface area contributed by atoms with Crippen molar-refractivity contribution in [1.82, 2.24) is 0 Å². The third kappa shape index (κ3) is 5.59. The van der Waals surface area contributed by atoms with Crippen LogP contribution in [0.5, 0.6) is 0 Å². The molecule has 2 fully saturated rings. The van der Waals surface area contributed by atoms with E-state index in [1.54, 1.807) is 12.1 Å². The van der Waals surface area contributed by atoms with Gasteiger partial charge in [0.15, 0.2) is 9.84 Å². The normalized spacial score (nSPS) is 36.4. The molecule has 1 aromatic rings. The first-order chi connectivity index (χ1) is 16.6. The number of allylic oxidation sites excluding steroid dienone is 1. The fourth-order valence-corrected chi connectivity index (χ4v) is 9.61. The molecule has 0 amide bonds. The zero-order valence-corrected chi connectivity index (χ0v) is 23.3. The first kappa shape index (κ1) is 26.9. The Hall–Kier alpha value is -1.13. The van der Waals surface area contributed by atoms with Crippen LogP contribution in [-0.2, 0) is 9.84 Å². The molecule has 7 atom stereocenters. The highest BCUT2D eigenvalue weighted by Gasteiger charge is 2.51. The lowest BCUT2D eigenvalue weighted by molar-refractivity contribution is -0.0359. The Labute approximate surface area is 214 Å². The summed E-state index contributed by atoms with van der Waals surface area (Å²) in [6.45, 7) is 9.09. The largest absolute Gasteiger partial charge is 0.390 e. The second kappa shape index (κ2) is 10.7. The van der Waals surface area contributed by atoms with Crippen LogP contribution in [-0.4, -0.2) is 24.9 Å². The van der Waals surface area contributed by atoms with Gasteiger partial charge in [-0.1, -0.05) is 70.4 Å². The Balaban J connectivity index is 1.47. The number of fused-ring (bicyclic) bond motifs is 1. The maximum absolute atomic E-state index is 13.0. The Morgan fingerprint density at radius 3 is 2.54 bits per heavy atom. The first-order valence-corrected chi connectivity index (χ1v) is 16.0. The van der Waals surface area contributed by atoms with Crippen LogP contribution in [0.3, 0.4) is 0 Å². The van der Waals surface area contributed by atoms with E-state index in [1.807, 2.05) is 18.2 Å². The SMILES string of the molecule is CCCC[C@H]1[C@H]([C@@H]2CC[C@H]([C@H](C)CS(=O)(=O)c3ccccc3)C2)CC=C2C[C@](O)(CC)CC[C@@]21C. The van der Waals surface area contributed by atoms with Crippen molar-refractivity contribution in [2.75, 3.05) is 5.75 Å². The van der Waals surface area contributed by atoms with Crippen LogP contribution in [0.4, 0.5) is 0 Å². The van der Waals surface area contributed by atoms with Crippen molar-refractivity contribution >= 4 is 9.84 Å². The van der Waals surface area contributed by atoms with E-state index in [2.05, 4.69) is 33.8 Å². The van der Waals surface area contributed by atoms with E-state index in [-0.39, 0.29) is 17.1 Å². The summed E-state index contributed by atoms with van der Waals surface area (Å²) in [7, 11) is -3.23. The van der Waals surface area contributed by atoms with Gasteiger partial charge in [0.1, 0.15) is 0 Å². The van der Waals surface area contributed by atoms with E-state index < -0.39 is 15.4 Å². The van der Waals surface area contributed by atoms with Gasteiger partial charge in [-0.25, -0.2) is 8.42 Å². The average Bonchev–Trinajstić information content (AvgIpc) is 3.34. The number of hydrogen-bond acceptors (Lipinski definition) is 3. The maximum Gasteiger partial charge on any atom is 0.178 e. The molecule has 0 spiro atoms. The summed E-state index contributed by atoms with van der Waals surface area (Å²) in [5.74, 6) is 3.04. The zero-order valence-electron chi connectivity index (χ0n) is 22.5. The standard InChI is InChI=1S/C31H48O3S/c1-5-7-13-29-28(17-16-26-21-31(32,6-2)19-18-30(26,29)4)25-15-14-24(20-25)23(3)22-35(33,34)27-11-9-8-10-12-27/h8-12,16,23-25,28-29,32H,5-7,13-15,17-22H2,1-4H3/t23-,24+,25-,28+,29+,30+,31+/m1/s1. The number of unbranched alkanes of at least 4 members (excludes halogenated alkanes) is 1. The predicted octanol–water partition coefficient (Wildman–Crippen LogP) is 7.60. The minimum atomic E-state index is -3.23. The molecule has 35 heavy (non-hydrogen) atoms. The highest BCUT2D eigenvalue weighted by Crippen LogP contribution is 2.59. The molecule has 1 aromatic carbocycles. The minimum absolute atomic E-state index is 0.193. The number of rotatable bonds is 9. The summed E-state index contributed by atoms with van der Waals surface area (Å²) in [5, 5.41) is 11.1. The topological polar surface area (TPSA) is 54.4 Å². The van der Waals surface area contributed by atoms with E-state index in [0.717, 1.165) is 38.5 Å². The van der Waals surface area contributed by atoms with Crippen LogP contribution in [0.1, 0.15) is 98.3 Å². The van der Waals surface area contributed by atoms with Crippen molar-refractivity contribution in [3.8, 4) is 0 Å². The lowest BCUT2D eigenvalue weighted by Crippen LogP contribution is -2.47. The van der Waals surface area contributed by atoms with Crippen molar-refractivity contribution < 1.29 is 13.5 Å². The van der Waals surface area contributed by atoms with Crippen molar-refractivity contribution in [2.24, 2.45) is 35.0 Å². The van der Waals surface area contributed by atoms with Gasteiger partial charge in [-0.2, -0.15) is 0 Å². The molecule has 3 aliphatic rings. The summed E-state index contributed by atoms with van der Waals surface area (Å²) in [5.41, 5.74) is 1.24. The monoisotopic (exact) mass is 500 g/mol. The molecule has 0 aliphatic heterocycles. The number of aliphatic hydroxyl groups is 1. The summed E-state index contributed by atoms with van der Waals surface area (Å²) in [6.07, 6.45) is 14.8. The molecule has 3 nitrogen and oxygen atoms in total. The molecule has 0 heterocycles. The predicted molar refractivity (Wildman–Crippen MR) is 145 cm³/mol. The zero-order chi connectivity index (χ0) is 25.3. The molecular weight excluding hydrogens is 452 g/mol. The molecule has 196 valence electrons. The molecule has 0 radical (unpaired) electrons. The minimum Gasteiger partial charge on any atom is -0.390 e. The van der Waals surface area contributed by atoms with Crippen molar-refractivity contribution in [2.45, 2.75) is 109 Å². The smallest absolute Gasteiger partial charge is 0.178 e. The van der Waals surface area contributed by atoms with Crippen LogP contribution < -0.4 is 0 Å². The Morgan fingerprint density at radius 2 is 1.86 bits per heavy atom. The summed E-state index contributed by atoms with van der Waals surface area (Å²) >= 11 is 0. The van der Waals surface area contributed by atoms with Crippen LogP contribution in [0.15, 0.2) is 46.9 Å². The third-order valence-electron chi connectivity index (χ3n) is 10.4. The number of hydrogen-bond donors (Lipinski definition) is 1. The van der Waals surface area contributed by atoms with Crippen molar-refractivity contribution in [1.29, 1.82) is 0 Å². The third-order valence-corrected chi connectivity index (χ3v) is 12.3. The molecule has 0 unspecified atom stereocenters. The highest BCUT2D eigenvalue weighted by atomic mass is 32.2. The van der Waals surface area contributed by atoms with E-state index in [1.165, 1.54) is 37.7 Å². The van der Waals surface area contributed by atoms with Gasteiger partial charge in [-0.3, -0.25) is 0 Å². The van der Waals surface area contributed by atoms with E-state index in [9.17, 15) is 13.5 Å². The second-order valence-corrected chi connectivity index (χ2v) is 14.5. The second-order valence-electron chi connectivity index (χ2n) is 12.5. The van der Waals surface area contributed by atoms with Crippen LogP contribution >= 0.6 is 0 Å². The van der Waals surface area contributed by atoms with Gasteiger partial charge in [-0.05, 0) is 105 Å². The Bertz CT molecular complexity index is 984. The molecule has 4 heteroatoms. The lowest BCUT2D eigenvalue weighted by atomic mass is 9.52. The molecule has 3 aliphatic carbocycles. The van der Waals surface area contributed by atoms with Gasteiger partial charge in [0, 0.05) is 0 Å². The average molecular weight is 501 g/mol. The van der Waals surface area contributed by atoms with E-state index in [0.29, 0.717) is 28.6 Å². The van der Waals surface area contributed by atoms with E-state index in [4.69, 9.17) is 0 Å². The van der Waals surface area contributed by atoms with Gasteiger partial charge >= 0.3 is 0 Å². The highest BCUT2D eigenvalue weighted by molar-refractivity contribution is 7.91. The summed E-state index contributed by atoms with van der Waals surface area (Å²) in [4.78, 5) is 0.461. The molecule has 2 saturated carbocycles. The number of sulfone groups is 1. The summed E-state index contributed by atoms with van der Waals surface area (Å²) < 4.78 is 26.0. The Kier molecular flexibility index (Phi) is 8.23. The van der Waals surface area contributed by atoms with Crippen molar-refractivity contribution in [3.63, 3.8) is 0 Å². The molecule has 0 saturated heterocycles. The number of benzene rings is 1. The molecule has 4 rings (SSSR count). The first-order valence-electron chi connectivity index (χ1n) is 14.3. The fraction of sp³-hybridized carbons (Fsp3) is 0.742. The van der Waals surface area contributed by atoms with Crippen LogP contribution in [0, 0.1) is 35.0 Å². The molecular formula is C31H48O3S. The van der Waals surface area contributed by atoms with Crippen molar-refractivity contribution in [3.05, 3.63) is 42.0 Å².